The molecule has 0 amide bonds. The Bertz CT molecular complexity index is 471. The Morgan fingerprint density at radius 2 is 2.05 bits per heavy atom. The Morgan fingerprint density at radius 1 is 1.29 bits per heavy atom. The molecular weight excluding hydrogens is 266 g/mol. The van der Waals surface area contributed by atoms with Crippen LogP contribution in [0.15, 0.2) is 24.3 Å². The average molecular weight is 291 g/mol. The molecule has 2 N–H and O–H groups in total. The molecule has 2 aliphatic heterocycles. The topological polar surface area (TPSA) is 53.7 Å². The van der Waals surface area contributed by atoms with Crippen LogP contribution in [-0.2, 0) is 9.47 Å². The number of methoxy groups -OCH3 is 1. The predicted molar refractivity (Wildman–Crippen MR) is 81.7 cm³/mol. The maximum atomic E-state index is 6.56. The number of rotatable bonds is 4. The lowest BCUT2D eigenvalue weighted by atomic mass is 9.78. The van der Waals surface area contributed by atoms with Gasteiger partial charge in [-0.05, 0) is 30.4 Å². The van der Waals surface area contributed by atoms with Crippen molar-refractivity contribution in [3.05, 3.63) is 29.8 Å². The molecule has 2 unspecified atom stereocenters. The molecule has 116 valence electrons. The van der Waals surface area contributed by atoms with E-state index in [4.69, 9.17) is 19.9 Å². The minimum absolute atomic E-state index is 0.0301. The highest BCUT2D eigenvalue weighted by atomic mass is 16.5. The van der Waals surface area contributed by atoms with E-state index in [0.29, 0.717) is 5.92 Å². The van der Waals surface area contributed by atoms with Crippen molar-refractivity contribution in [3.63, 3.8) is 0 Å². The monoisotopic (exact) mass is 291 g/mol. The highest BCUT2D eigenvalue weighted by Gasteiger charge is 2.40. The van der Waals surface area contributed by atoms with Crippen molar-refractivity contribution >= 4 is 0 Å². The molecule has 21 heavy (non-hydrogen) atoms. The van der Waals surface area contributed by atoms with Crippen LogP contribution in [0, 0.1) is 0 Å². The van der Waals surface area contributed by atoms with E-state index in [2.05, 4.69) is 12.1 Å². The van der Waals surface area contributed by atoms with Crippen LogP contribution in [0.3, 0.4) is 0 Å². The van der Waals surface area contributed by atoms with Gasteiger partial charge in [-0.25, -0.2) is 0 Å². The molecule has 1 aromatic rings. The number of benzene rings is 1. The van der Waals surface area contributed by atoms with Crippen molar-refractivity contribution in [2.24, 2.45) is 5.73 Å². The fourth-order valence-electron chi connectivity index (χ4n) is 3.63. The quantitative estimate of drug-likeness (QED) is 0.926. The first kappa shape index (κ1) is 14.8. The Balaban J connectivity index is 1.74. The van der Waals surface area contributed by atoms with Gasteiger partial charge < -0.3 is 19.9 Å². The Morgan fingerprint density at radius 3 is 2.81 bits per heavy atom. The molecule has 3 rings (SSSR count). The third-order valence-corrected chi connectivity index (χ3v) is 5.04. The minimum Gasteiger partial charge on any atom is -0.493 e. The first-order chi connectivity index (χ1) is 10.2. The summed E-state index contributed by atoms with van der Waals surface area (Å²) in [6, 6.07) is 8.34. The molecule has 1 saturated heterocycles. The lowest BCUT2D eigenvalue weighted by Crippen LogP contribution is -2.53. The summed E-state index contributed by atoms with van der Waals surface area (Å²) >= 11 is 0. The van der Waals surface area contributed by atoms with Crippen LogP contribution in [0.2, 0.25) is 0 Å². The van der Waals surface area contributed by atoms with Gasteiger partial charge in [-0.1, -0.05) is 18.2 Å². The second kappa shape index (κ2) is 6.34. The maximum Gasteiger partial charge on any atom is 0.122 e. The Labute approximate surface area is 126 Å². The predicted octanol–water partition coefficient (Wildman–Crippen LogP) is 2.47. The van der Waals surface area contributed by atoms with Gasteiger partial charge >= 0.3 is 0 Å². The van der Waals surface area contributed by atoms with Gasteiger partial charge in [-0.3, -0.25) is 0 Å². The largest absolute Gasteiger partial charge is 0.493 e. The molecule has 0 aromatic heterocycles. The van der Waals surface area contributed by atoms with Crippen molar-refractivity contribution in [2.45, 2.75) is 43.2 Å². The SMILES string of the molecule is COC1(C(N)CC2CCOc3ccccc32)CCOCC1. The number of hydrogen-bond donors (Lipinski definition) is 1. The van der Waals surface area contributed by atoms with Crippen molar-refractivity contribution < 1.29 is 14.2 Å². The van der Waals surface area contributed by atoms with E-state index in [1.807, 2.05) is 12.1 Å². The fourth-order valence-corrected chi connectivity index (χ4v) is 3.63. The molecule has 2 atom stereocenters. The molecule has 2 aliphatic rings. The molecule has 0 radical (unpaired) electrons. The molecule has 0 aliphatic carbocycles. The van der Waals surface area contributed by atoms with Crippen LogP contribution in [0.1, 0.15) is 37.2 Å². The third-order valence-electron chi connectivity index (χ3n) is 5.04. The fraction of sp³-hybridized carbons (Fsp3) is 0.647. The zero-order chi connectivity index (χ0) is 14.7. The van der Waals surface area contributed by atoms with Crippen LogP contribution in [-0.4, -0.2) is 38.6 Å². The first-order valence-electron chi connectivity index (χ1n) is 7.85. The number of ether oxygens (including phenoxy) is 3. The van der Waals surface area contributed by atoms with Crippen LogP contribution in [0.25, 0.3) is 0 Å². The summed E-state index contributed by atoms with van der Waals surface area (Å²) in [5, 5.41) is 0. The summed E-state index contributed by atoms with van der Waals surface area (Å²) in [5.74, 6) is 1.47. The summed E-state index contributed by atoms with van der Waals surface area (Å²) in [6.07, 6.45) is 3.74. The van der Waals surface area contributed by atoms with Crippen LogP contribution < -0.4 is 10.5 Å². The number of nitrogens with two attached hydrogens (primary N) is 1. The standard InChI is InChI=1S/C17H25NO3/c1-19-17(7-10-20-11-8-17)16(18)12-13-6-9-21-15-5-3-2-4-14(13)15/h2-5,13,16H,6-12,18H2,1H3. The Hall–Kier alpha value is -1.10. The summed E-state index contributed by atoms with van der Waals surface area (Å²) in [4.78, 5) is 0. The van der Waals surface area contributed by atoms with E-state index >= 15 is 0 Å². The number of para-hydroxylation sites is 1. The van der Waals surface area contributed by atoms with E-state index in [1.165, 1.54) is 5.56 Å². The highest BCUT2D eigenvalue weighted by molar-refractivity contribution is 5.37. The van der Waals surface area contributed by atoms with Gasteiger partial charge in [-0.2, -0.15) is 0 Å². The molecule has 1 fully saturated rings. The Kier molecular flexibility index (Phi) is 4.48. The second-order valence-electron chi connectivity index (χ2n) is 6.10. The maximum absolute atomic E-state index is 6.56. The zero-order valence-electron chi connectivity index (χ0n) is 12.7. The molecule has 0 bridgehead atoms. The molecule has 0 spiro atoms. The van der Waals surface area contributed by atoms with Crippen LogP contribution in [0.4, 0.5) is 0 Å². The van der Waals surface area contributed by atoms with Gasteiger partial charge in [0.25, 0.3) is 0 Å². The molecule has 0 saturated carbocycles. The van der Waals surface area contributed by atoms with Gasteiger partial charge in [-0.15, -0.1) is 0 Å². The van der Waals surface area contributed by atoms with E-state index in [-0.39, 0.29) is 11.6 Å². The van der Waals surface area contributed by atoms with Crippen molar-refractivity contribution in [3.8, 4) is 5.75 Å². The zero-order valence-corrected chi connectivity index (χ0v) is 12.7. The summed E-state index contributed by atoms with van der Waals surface area (Å²) in [5.41, 5.74) is 7.62. The van der Waals surface area contributed by atoms with Crippen molar-refractivity contribution in [1.29, 1.82) is 0 Å². The van der Waals surface area contributed by atoms with Crippen LogP contribution in [0.5, 0.6) is 5.75 Å². The third kappa shape index (κ3) is 2.93. The second-order valence-corrected chi connectivity index (χ2v) is 6.10. The summed E-state index contributed by atoms with van der Waals surface area (Å²) in [7, 11) is 1.78. The van der Waals surface area contributed by atoms with Gasteiger partial charge in [0.2, 0.25) is 0 Å². The van der Waals surface area contributed by atoms with E-state index < -0.39 is 0 Å². The molecule has 4 nitrogen and oxygen atoms in total. The van der Waals surface area contributed by atoms with Gasteiger partial charge in [0.15, 0.2) is 0 Å². The minimum atomic E-state index is -0.231. The van der Waals surface area contributed by atoms with E-state index in [0.717, 1.165) is 51.3 Å². The number of fused-ring (bicyclic) bond motifs is 1. The summed E-state index contributed by atoms with van der Waals surface area (Å²) in [6.45, 7) is 2.26. The number of hydrogen-bond acceptors (Lipinski definition) is 4. The highest BCUT2D eigenvalue weighted by Crippen LogP contribution is 2.39. The lowest BCUT2D eigenvalue weighted by molar-refractivity contribution is -0.106. The van der Waals surface area contributed by atoms with E-state index in [1.54, 1.807) is 7.11 Å². The normalized spacial score (nSPS) is 25.7. The summed E-state index contributed by atoms with van der Waals surface area (Å²) < 4.78 is 17.0. The van der Waals surface area contributed by atoms with Gasteiger partial charge in [0, 0.05) is 39.2 Å². The average Bonchev–Trinajstić information content (AvgIpc) is 2.56. The molecular formula is C17H25NO3. The van der Waals surface area contributed by atoms with Crippen LogP contribution >= 0.6 is 0 Å². The molecule has 1 aromatic carbocycles. The van der Waals surface area contributed by atoms with Crippen molar-refractivity contribution in [2.75, 3.05) is 26.9 Å². The first-order valence-corrected chi connectivity index (χ1v) is 7.85. The van der Waals surface area contributed by atoms with Gasteiger partial charge in [0.05, 0.1) is 12.2 Å². The van der Waals surface area contributed by atoms with E-state index in [9.17, 15) is 0 Å². The molecule has 4 heteroatoms. The smallest absolute Gasteiger partial charge is 0.122 e. The molecule has 2 heterocycles. The van der Waals surface area contributed by atoms with Gasteiger partial charge in [0.1, 0.15) is 5.75 Å². The lowest BCUT2D eigenvalue weighted by Gasteiger charge is -2.42. The van der Waals surface area contributed by atoms with Crippen molar-refractivity contribution in [1.82, 2.24) is 0 Å².